The molecule has 2 rings (SSSR count). The van der Waals surface area contributed by atoms with Gasteiger partial charge in [0.1, 0.15) is 5.82 Å². The Hall–Kier alpha value is -2.07. The van der Waals surface area contributed by atoms with Crippen LogP contribution >= 0.6 is 11.6 Å². The molecule has 0 unspecified atom stereocenters. The van der Waals surface area contributed by atoms with Gasteiger partial charge in [-0.3, -0.25) is 4.79 Å². The summed E-state index contributed by atoms with van der Waals surface area (Å²) in [6, 6.07) is 11.2. The summed E-state index contributed by atoms with van der Waals surface area (Å²) in [5, 5.41) is 3.34. The van der Waals surface area contributed by atoms with Gasteiger partial charge in [-0.15, -0.1) is 0 Å². The number of nitrogens with two attached hydrogens (primary N) is 1. The van der Waals surface area contributed by atoms with Crippen molar-refractivity contribution in [2.24, 2.45) is 5.73 Å². The lowest BCUT2D eigenvalue weighted by Gasteiger charge is -2.10. The number of nitrogens with one attached hydrogen (secondary N) is 1. The van der Waals surface area contributed by atoms with Crippen molar-refractivity contribution >= 4 is 23.2 Å². The van der Waals surface area contributed by atoms with E-state index in [1.165, 1.54) is 18.2 Å². The quantitative estimate of drug-likeness (QED) is 0.902. The summed E-state index contributed by atoms with van der Waals surface area (Å²) in [6.07, 6.45) is 0. The summed E-state index contributed by atoms with van der Waals surface area (Å²) in [6.45, 7) is 0.288. The van der Waals surface area contributed by atoms with Crippen LogP contribution in [0.3, 0.4) is 0 Å². The maximum Gasteiger partial charge on any atom is 0.249 e. The van der Waals surface area contributed by atoms with E-state index in [2.05, 4.69) is 5.32 Å². The molecule has 0 saturated heterocycles. The van der Waals surface area contributed by atoms with E-state index in [1.807, 2.05) is 0 Å². The average molecular weight is 279 g/mol. The second kappa shape index (κ2) is 5.71. The van der Waals surface area contributed by atoms with Crippen LogP contribution in [0.15, 0.2) is 42.5 Å². The first-order chi connectivity index (χ1) is 9.08. The first-order valence-electron chi connectivity index (χ1n) is 5.64. The van der Waals surface area contributed by atoms with E-state index < -0.39 is 11.7 Å². The molecule has 0 bridgehead atoms. The first-order valence-corrected chi connectivity index (χ1v) is 6.02. The zero-order valence-electron chi connectivity index (χ0n) is 9.99. The van der Waals surface area contributed by atoms with Crippen LogP contribution in [-0.2, 0) is 6.54 Å². The number of carbonyl (C=O) groups is 1. The van der Waals surface area contributed by atoms with Gasteiger partial charge in [-0.05, 0) is 29.8 Å². The maximum absolute atomic E-state index is 13.5. The Labute approximate surface area is 115 Å². The fraction of sp³-hybridized carbons (Fsp3) is 0.0714. The lowest BCUT2D eigenvalue weighted by Crippen LogP contribution is -2.15. The highest BCUT2D eigenvalue weighted by Crippen LogP contribution is 2.20. The van der Waals surface area contributed by atoms with Gasteiger partial charge in [0, 0.05) is 17.1 Å². The highest BCUT2D eigenvalue weighted by atomic mass is 35.5. The normalized spacial score (nSPS) is 10.2. The van der Waals surface area contributed by atoms with Crippen LogP contribution in [0.4, 0.5) is 10.1 Å². The van der Waals surface area contributed by atoms with Crippen molar-refractivity contribution in [2.45, 2.75) is 6.54 Å². The van der Waals surface area contributed by atoms with Gasteiger partial charge >= 0.3 is 0 Å². The van der Waals surface area contributed by atoms with Gasteiger partial charge in [0.15, 0.2) is 0 Å². The molecule has 0 atom stereocenters. The Kier molecular flexibility index (Phi) is 4.02. The fourth-order valence-corrected chi connectivity index (χ4v) is 1.91. The molecule has 3 nitrogen and oxygen atoms in total. The van der Waals surface area contributed by atoms with Crippen molar-refractivity contribution in [1.82, 2.24) is 0 Å². The summed E-state index contributed by atoms with van der Waals surface area (Å²) in [7, 11) is 0. The molecule has 0 aliphatic carbocycles. The molecule has 0 heterocycles. The summed E-state index contributed by atoms with van der Waals surface area (Å²) in [5.74, 6) is -0.912. The van der Waals surface area contributed by atoms with Crippen LogP contribution < -0.4 is 11.1 Å². The zero-order chi connectivity index (χ0) is 13.8. The highest BCUT2D eigenvalue weighted by Gasteiger charge is 2.08. The molecule has 0 saturated carbocycles. The van der Waals surface area contributed by atoms with Crippen LogP contribution in [0.1, 0.15) is 15.9 Å². The van der Waals surface area contributed by atoms with Gasteiger partial charge in [0.05, 0.1) is 5.69 Å². The van der Waals surface area contributed by atoms with E-state index in [9.17, 15) is 9.18 Å². The van der Waals surface area contributed by atoms with Crippen molar-refractivity contribution in [3.63, 3.8) is 0 Å². The van der Waals surface area contributed by atoms with E-state index in [-0.39, 0.29) is 12.2 Å². The molecule has 0 aliphatic rings. The zero-order valence-corrected chi connectivity index (χ0v) is 10.7. The highest BCUT2D eigenvalue weighted by molar-refractivity contribution is 6.30. The molecule has 19 heavy (non-hydrogen) atoms. The van der Waals surface area contributed by atoms with Crippen LogP contribution in [0.25, 0.3) is 0 Å². The second-order valence-electron chi connectivity index (χ2n) is 4.00. The predicted molar refractivity (Wildman–Crippen MR) is 73.7 cm³/mol. The van der Waals surface area contributed by atoms with Gasteiger partial charge in [0.2, 0.25) is 5.91 Å². The maximum atomic E-state index is 13.5. The van der Waals surface area contributed by atoms with Gasteiger partial charge in [-0.25, -0.2) is 4.39 Å². The number of anilines is 1. The molecular formula is C14H12ClFN2O. The van der Waals surface area contributed by atoms with E-state index in [4.69, 9.17) is 17.3 Å². The lowest BCUT2D eigenvalue weighted by atomic mass is 10.1. The predicted octanol–water partition coefficient (Wildman–Crippen LogP) is 3.19. The molecule has 2 aromatic rings. The number of rotatable bonds is 4. The van der Waals surface area contributed by atoms with Gasteiger partial charge in [0.25, 0.3) is 0 Å². The minimum atomic E-state index is -0.510. The minimum Gasteiger partial charge on any atom is -0.379 e. The van der Waals surface area contributed by atoms with Crippen LogP contribution in [0.5, 0.6) is 0 Å². The number of halogens is 2. The summed E-state index contributed by atoms with van der Waals surface area (Å²) >= 11 is 5.80. The smallest absolute Gasteiger partial charge is 0.249 e. The number of primary amides is 1. The van der Waals surface area contributed by atoms with Crippen LogP contribution in [0, 0.1) is 5.82 Å². The van der Waals surface area contributed by atoms with Crippen LogP contribution in [0.2, 0.25) is 5.02 Å². The Morgan fingerprint density at radius 3 is 2.74 bits per heavy atom. The number of benzene rings is 2. The molecule has 3 N–H and O–H groups in total. The van der Waals surface area contributed by atoms with Crippen molar-refractivity contribution in [2.75, 3.05) is 5.32 Å². The second-order valence-corrected chi connectivity index (χ2v) is 4.44. The summed E-state index contributed by atoms with van der Waals surface area (Å²) < 4.78 is 13.5. The van der Waals surface area contributed by atoms with Crippen molar-refractivity contribution < 1.29 is 9.18 Å². The number of carbonyl (C=O) groups excluding carboxylic acids is 1. The first kappa shape index (κ1) is 13.4. The molecule has 0 fully saturated rings. The summed E-state index contributed by atoms with van der Waals surface area (Å²) in [4.78, 5) is 11.3. The minimum absolute atomic E-state index is 0.284. The number of hydrogen-bond donors (Lipinski definition) is 2. The molecule has 0 aromatic heterocycles. The SMILES string of the molecule is NC(=O)c1ccccc1CNc1cc(Cl)ccc1F. The summed E-state index contributed by atoms with van der Waals surface area (Å²) in [5.41, 5.74) is 6.68. The van der Waals surface area contributed by atoms with E-state index in [0.717, 1.165) is 0 Å². The monoisotopic (exact) mass is 278 g/mol. The molecular weight excluding hydrogens is 267 g/mol. The third kappa shape index (κ3) is 3.23. The van der Waals surface area contributed by atoms with Crippen molar-refractivity contribution in [1.29, 1.82) is 0 Å². The van der Waals surface area contributed by atoms with Gasteiger partial charge < -0.3 is 11.1 Å². The fourth-order valence-electron chi connectivity index (χ4n) is 1.74. The Morgan fingerprint density at radius 2 is 2.00 bits per heavy atom. The number of amides is 1. The largest absolute Gasteiger partial charge is 0.379 e. The van der Waals surface area contributed by atoms with Crippen LogP contribution in [-0.4, -0.2) is 5.91 Å². The van der Waals surface area contributed by atoms with Crippen molar-refractivity contribution in [3.05, 3.63) is 64.4 Å². The standard InChI is InChI=1S/C14H12ClFN2O/c15-10-5-6-12(16)13(7-10)18-8-9-3-1-2-4-11(9)14(17)19/h1-7,18H,8H2,(H2,17,19). The topological polar surface area (TPSA) is 55.1 Å². The van der Waals surface area contributed by atoms with E-state index in [1.54, 1.807) is 24.3 Å². The van der Waals surface area contributed by atoms with Crippen molar-refractivity contribution in [3.8, 4) is 0 Å². The molecule has 0 spiro atoms. The third-order valence-corrected chi connectivity index (χ3v) is 2.92. The Bertz CT molecular complexity index is 616. The molecule has 0 aliphatic heterocycles. The van der Waals surface area contributed by atoms with Gasteiger partial charge in [-0.2, -0.15) is 0 Å². The molecule has 1 amide bonds. The van der Waals surface area contributed by atoms with Gasteiger partial charge in [-0.1, -0.05) is 29.8 Å². The Balaban J connectivity index is 2.19. The lowest BCUT2D eigenvalue weighted by molar-refractivity contribution is 0.0999. The molecule has 2 aromatic carbocycles. The Morgan fingerprint density at radius 1 is 1.26 bits per heavy atom. The molecule has 0 radical (unpaired) electrons. The number of hydrogen-bond acceptors (Lipinski definition) is 2. The van der Waals surface area contributed by atoms with E-state index >= 15 is 0 Å². The third-order valence-electron chi connectivity index (χ3n) is 2.68. The molecule has 5 heteroatoms. The molecule has 98 valence electrons. The average Bonchev–Trinajstić information content (AvgIpc) is 2.40. The van der Waals surface area contributed by atoms with E-state index in [0.29, 0.717) is 16.1 Å².